The van der Waals surface area contributed by atoms with Gasteiger partial charge in [0.25, 0.3) is 0 Å². The van der Waals surface area contributed by atoms with Crippen LogP contribution in [0.3, 0.4) is 0 Å². The lowest BCUT2D eigenvalue weighted by molar-refractivity contribution is -0.151. The van der Waals surface area contributed by atoms with Gasteiger partial charge in [-0.05, 0) is 25.7 Å². The van der Waals surface area contributed by atoms with Gasteiger partial charge in [0, 0.05) is 7.05 Å². The topological polar surface area (TPSA) is 57.6 Å². The van der Waals surface area contributed by atoms with Gasteiger partial charge in [-0.1, -0.05) is 13.8 Å². The number of carboxylic acid groups (broad SMARTS) is 1. The molecule has 0 aromatic heterocycles. The van der Waals surface area contributed by atoms with Crippen molar-refractivity contribution in [2.24, 2.45) is 11.3 Å². The predicted molar refractivity (Wildman–Crippen MR) is 56.4 cm³/mol. The van der Waals surface area contributed by atoms with Crippen LogP contribution in [0.2, 0.25) is 0 Å². The summed E-state index contributed by atoms with van der Waals surface area (Å²) in [5.74, 6) is -0.689. The molecule has 1 aliphatic rings. The molecule has 0 heterocycles. The molecule has 0 aromatic rings. The minimum atomic E-state index is -0.953. The molecule has 0 saturated heterocycles. The molecule has 0 radical (unpaired) electrons. The van der Waals surface area contributed by atoms with Gasteiger partial charge in [-0.15, -0.1) is 0 Å². The van der Waals surface area contributed by atoms with Gasteiger partial charge >= 0.3 is 5.97 Å². The molecule has 1 rings (SSSR count). The van der Waals surface area contributed by atoms with Crippen molar-refractivity contribution in [3.63, 3.8) is 0 Å². The maximum Gasteiger partial charge on any atom is 0.326 e. The van der Waals surface area contributed by atoms with Crippen LogP contribution < -0.4 is 0 Å². The fourth-order valence-corrected chi connectivity index (χ4v) is 1.87. The highest BCUT2D eigenvalue weighted by Gasteiger charge is 2.54. The van der Waals surface area contributed by atoms with Crippen LogP contribution in [0.25, 0.3) is 0 Å². The van der Waals surface area contributed by atoms with E-state index in [4.69, 9.17) is 5.11 Å². The molecule has 1 saturated carbocycles. The molecule has 1 fully saturated rings. The number of carboxylic acids is 1. The van der Waals surface area contributed by atoms with Gasteiger partial charge in [0.1, 0.15) is 6.04 Å². The van der Waals surface area contributed by atoms with E-state index in [9.17, 15) is 9.59 Å². The van der Waals surface area contributed by atoms with Crippen LogP contribution in [0.15, 0.2) is 0 Å². The quantitative estimate of drug-likeness (QED) is 0.767. The van der Waals surface area contributed by atoms with E-state index >= 15 is 0 Å². The maximum atomic E-state index is 12.1. The third kappa shape index (κ3) is 1.98. The van der Waals surface area contributed by atoms with E-state index in [2.05, 4.69) is 0 Å². The molecule has 0 aromatic carbocycles. The van der Waals surface area contributed by atoms with Crippen LogP contribution >= 0.6 is 0 Å². The lowest BCUT2D eigenvalue weighted by Crippen LogP contribution is -2.45. The first-order chi connectivity index (χ1) is 6.83. The lowest BCUT2D eigenvalue weighted by atomic mass is 9.90. The van der Waals surface area contributed by atoms with Gasteiger partial charge in [0.2, 0.25) is 5.91 Å². The van der Waals surface area contributed by atoms with Crippen molar-refractivity contribution >= 4 is 11.9 Å². The summed E-state index contributed by atoms with van der Waals surface area (Å²) in [5.41, 5.74) is -0.279. The Bertz CT molecular complexity index is 282. The smallest absolute Gasteiger partial charge is 0.326 e. The van der Waals surface area contributed by atoms with Crippen LogP contribution in [-0.4, -0.2) is 35.0 Å². The van der Waals surface area contributed by atoms with E-state index in [0.717, 1.165) is 12.8 Å². The summed E-state index contributed by atoms with van der Waals surface area (Å²) in [6.45, 7) is 5.57. The first kappa shape index (κ1) is 12.0. The van der Waals surface area contributed by atoms with Gasteiger partial charge in [-0.2, -0.15) is 0 Å². The van der Waals surface area contributed by atoms with Gasteiger partial charge < -0.3 is 10.0 Å². The molecule has 4 nitrogen and oxygen atoms in total. The molecular weight excluding hydrogens is 194 g/mol. The van der Waals surface area contributed by atoms with Gasteiger partial charge in [-0.3, -0.25) is 4.79 Å². The van der Waals surface area contributed by atoms with E-state index in [1.54, 1.807) is 7.05 Å². The fraction of sp³-hybridized carbons (Fsp3) is 0.818. The van der Waals surface area contributed by atoms with Crippen LogP contribution in [-0.2, 0) is 9.59 Å². The summed E-state index contributed by atoms with van der Waals surface area (Å²) in [4.78, 5) is 24.2. The number of amides is 1. The van der Waals surface area contributed by atoms with Crippen LogP contribution in [0.1, 0.15) is 33.6 Å². The zero-order chi connectivity index (χ0) is 11.8. The van der Waals surface area contributed by atoms with E-state index in [-0.39, 0.29) is 17.2 Å². The van der Waals surface area contributed by atoms with E-state index in [0.29, 0.717) is 0 Å². The number of nitrogens with zero attached hydrogens (tertiary/aromatic N) is 1. The molecule has 1 amide bonds. The van der Waals surface area contributed by atoms with E-state index < -0.39 is 12.0 Å². The van der Waals surface area contributed by atoms with Gasteiger partial charge in [-0.25, -0.2) is 4.79 Å². The SMILES string of the molecule is CC(C(=O)O)N(C)C(=O)C1(C(C)C)CC1. The number of likely N-dealkylation sites (N-methyl/N-ethyl adjacent to an activating group) is 1. The minimum Gasteiger partial charge on any atom is -0.480 e. The summed E-state index contributed by atoms with van der Waals surface area (Å²) in [7, 11) is 1.57. The second-order valence-corrected chi connectivity index (χ2v) is 4.74. The summed E-state index contributed by atoms with van der Waals surface area (Å²) >= 11 is 0. The third-order valence-corrected chi connectivity index (χ3v) is 3.58. The van der Waals surface area contributed by atoms with Crippen molar-refractivity contribution in [3.8, 4) is 0 Å². The molecular formula is C11H19NO3. The fourth-order valence-electron chi connectivity index (χ4n) is 1.87. The van der Waals surface area contributed by atoms with Crippen LogP contribution in [0.5, 0.6) is 0 Å². The van der Waals surface area contributed by atoms with E-state index in [1.807, 2.05) is 13.8 Å². The van der Waals surface area contributed by atoms with Crippen molar-refractivity contribution in [1.82, 2.24) is 4.90 Å². The Hall–Kier alpha value is -1.06. The number of hydrogen-bond donors (Lipinski definition) is 1. The number of carbonyl (C=O) groups is 2. The summed E-state index contributed by atoms with van der Waals surface area (Å²) in [6, 6.07) is -0.742. The molecule has 1 N–H and O–H groups in total. The summed E-state index contributed by atoms with van der Waals surface area (Å²) in [5, 5.41) is 8.83. The second-order valence-electron chi connectivity index (χ2n) is 4.74. The molecule has 4 heteroatoms. The molecule has 1 aliphatic carbocycles. The first-order valence-corrected chi connectivity index (χ1v) is 5.33. The Morgan fingerprint density at radius 2 is 1.73 bits per heavy atom. The Morgan fingerprint density at radius 1 is 1.27 bits per heavy atom. The molecule has 15 heavy (non-hydrogen) atoms. The zero-order valence-electron chi connectivity index (χ0n) is 9.78. The molecule has 0 bridgehead atoms. The Labute approximate surface area is 90.3 Å². The molecule has 86 valence electrons. The van der Waals surface area contributed by atoms with Gasteiger partial charge in [0.15, 0.2) is 0 Å². The largest absolute Gasteiger partial charge is 0.480 e. The zero-order valence-corrected chi connectivity index (χ0v) is 9.78. The average molecular weight is 213 g/mol. The van der Waals surface area contributed by atoms with Crippen LogP contribution in [0, 0.1) is 11.3 Å². The Morgan fingerprint density at radius 3 is 2.00 bits per heavy atom. The highest BCUT2D eigenvalue weighted by atomic mass is 16.4. The Balaban J connectivity index is 2.73. The second kappa shape index (κ2) is 3.83. The number of aliphatic carboxylic acids is 1. The maximum absolute atomic E-state index is 12.1. The number of hydrogen-bond acceptors (Lipinski definition) is 2. The molecule has 1 unspecified atom stereocenters. The Kier molecular flexibility index (Phi) is 3.07. The third-order valence-electron chi connectivity index (χ3n) is 3.58. The molecule has 0 spiro atoms. The highest BCUT2D eigenvalue weighted by Crippen LogP contribution is 2.53. The molecule has 0 aliphatic heterocycles. The van der Waals surface area contributed by atoms with Crippen molar-refractivity contribution in [1.29, 1.82) is 0 Å². The highest BCUT2D eigenvalue weighted by molar-refractivity contribution is 5.89. The van der Waals surface area contributed by atoms with Crippen molar-refractivity contribution in [3.05, 3.63) is 0 Å². The minimum absolute atomic E-state index is 0.0209. The standard InChI is InChI=1S/C11H19NO3/c1-7(2)11(5-6-11)10(15)12(4)8(3)9(13)14/h7-8H,5-6H2,1-4H3,(H,13,14). The number of carbonyl (C=O) groups excluding carboxylic acids is 1. The monoisotopic (exact) mass is 213 g/mol. The predicted octanol–water partition coefficient (Wildman–Crippen LogP) is 1.35. The van der Waals surface area contributed by atoms with Gasteiger partial charge in [0.05, 0.1) is 5.41 Å². The van der Waals surface area contributed by atoms with Crippen LogP contribution in [0.4, 0.5) is 0 Å². The molecule has 1 atom stereocenters. The normalized spacial score (nSPS) is 19.8. The summed E-state index contributed by atoms with van der Waals surface area (Å²) < 4.78 is 0. The first-order valence-electron chi connectivity index (χ1n) is 5.33. The lowest BCUT2D eigenvalue weighted by Gasteiger charge is -2.28. The van der Waals surface area contributed by atoms with Crippen molar-refractivity contribution < 1.29 is 14.7 Å². The van der Waals surface area contributed by atoms with Crippen molar-refractivity contribution in [2.75, 3.05) is 7.05 Å². The number of rotatable bonds is 4. The summed E-state index contributed by atoms with van der Waals surface area (Å²) in [6.07, 6.45) is 1.78. The van der Waals surface area contributed by atoms with Crippen molar-refractivity contribution in [2.45, 2.75) is 39.7 Å². The average Bonchev–Trinajstić information content (AvgIpc) is 2.94. The van der Waals surface area contributed by atoms with E-state index in [1.165, 1.54) is 11.8 Å².